The molecule has 0 unspecified atom stereocenters. The van der Waals surface area contributed by atoms with E-state index in [9.17, 15) is 4.79 Å². The van der Waals surface area contributed by atoms with Crippen molar-refractivity contribution in [1.29, 1.82) is 0 Å². The van der Waals surface area contributed by atoms with Crippen LogP contribution < -0.4 is 0 Å². The smallest absolute Gasteiger partial charge is 0.338 e. The molecule has 0 bridgehead atoms. The zero-order valence-corrected chi connectivity index (χ0v) is 9.35. The van der Waals surface area contributed by atoms with Gasteiger partial charge in [-0.25, -0.2) is 4.79 Å². The number of esters is 1. The number of carbonyl (C=O) groups excluding carboxylic acids is 1. The molecule has 16 heavy (non-hydrogen) atoms. The Morgan fingerprint density at radius 1 is 1.44 bits per heavy atom. The quantitative estimate of drug-likeness (QED) is 0.561. The Hall–Kier alpha value is -1.57. The number of hydrogen-bond acceptors (Lipinski definition) is 2. The molecular formula is C14H16O2. The van der Waals surface area contributed by atoms with Crippen molar-refractivity contribution in [3.63, 3.8) is 0 Å². The van der Waals surface area contributed by atoms with Crippen LogP contribution in [0.3, 0.4) is 0 Å². The van der Waals surface area contributed by atoms with Crippen molar-refractivity contribution in [2.24, 2.45) is 5.92 Å². The lowest BCUT2D eigenvalue weighted by molar-refractivity contribution is 0.0344. The lowest BCUT2D eigenvalue weighted by Crippen LogP contribution is -2.21. The summed E-state index contributed by atoms with van der Waals surface area (Å²) in [5, 5.41) is 0. The van der Waals surface area contributed by atoms with E-state index in [0.717, 1.165) is 6.42 Å². The first-order valence-corrected chi connectivity index (χ1v) is 5.55. The molecule has 2 nitrogen and oxygen atoms in total. The first kappa shape index (κ1) is 9.64. The predicted molar refractivity (Wildman–Crippen MR) is 63.2 cm³/mol. The molecule has 1 aromatic carbocycles. The number of carbonyl (C=O) groups is 1. The van der Waals surface area contributed by atoms with Gasteiger partial charge in [0, 0.05) is 0 Å². The summed E-state index contributed by atoms with van der Waals surface area (Å²) in [6.45, 7) is 2.06. The van der Waals surface area contributed by atoms with E-state index in [1.807, 2.05) is 12.1 Å². The maximum absolute atomic E-state index is 11.8. The number of ether oxygens (including phenoxy) is 1. The molecule has 2 atom stereocenters. The first-order valence-electron chi connectivity index (χ1n) is 6.05. The lowest BCUT2D eigenvalue weighted by atomic mass is 9.94. The molecule has 0 fully saturated rings. The Morgan fingerprint density at radius 2 is 2.19 bits per heavy atom. The minimum Gasteiger partial charge on any atom is -0.455 e. The van der Waals surface area contributed by atoms with Crippen LogP contribution in [0.25, 0.3) is 0 Å². The SMILES string of the molecule is [2H][C@]1(OC(=O)c2ccccc2)C=CC[C@@H](C)C1. The highest BCUT2D eigenvalue weighted by Gasteiger charge is 2.18. The van der Waals surface area contributed by atoms with Crippen LogP contribution in [0.15, 0.2) is 42.5 Å². The fourth-order valence-electron chi connectivity index (χ4n) is 1.75. The van der Waals surface area contributed by atoms with Crippen molar-refractivity contribution in [2.75, 3.05) is 0 Å². The molecular weight excluding hydrogens is 200 g/mol. The van der Waals surface area contributed by atoms with E-state index in [2.05, 4.69) is 6.92 Å². The van der Waals surface area contributed by atoms with E-state index in [1.165, 1.54) is 0 Å². The molecule has 0 radical (unpaired) electrons. The molecule has 84 valence electrons. The molecule has 0 saturated carbocycles. The number of rotatable bonds is 2. The van der Waals surface area contributed by atoms with Gasteiger partial charge in [0.15, 0.2) is 0 Å². The minimum absolute atomic E-state index is 0.376. The molecule has 1 aliphatic carbocycles. The summed E-state index contributed by atoms with van der Waals surface area (Å²) < 4.78 is 13.4. The Kier molecular flexibility index (Phi) is 3.00. The molecule has 0 spiro atoms. The molecule has 0 aromatic heterocycles. The third-order valence-electron chi connectivity index (χ3n) is 2.63. The molecule has 0 heterocycles. The van der Waals surface area contributed by atoms with Gasteiger partial charge in [0.1, 0.15) is 6.08 Å². The zero-order valence-electron chi connectivity index (χ0n) is 10.3. The number of allylic oxidation sites excluding steroid dienone is 1. The zero-order chi connectivity index (χ0) is 12.3. The fourth-order valence-corrected chi connectivity index (χ4v) is 1.75. The highest BCUT2D eigenvalue weighted by atomic mass is 16.5. The second-order valence-electron chi connectivity index (χ2n) is 4.17. The van der Waals surface area contributed by atoms with Crippen LogP contribution >= 0.6 is 0 Å². The highest BCUT2D eigenvalue weighted by Crippen LogP contribution is 2.20. The largest absolute Gasteiger partial charge is 0.455 e. The summed E-state index contributed by atoms with van der Waals surface area (Å²) in [5.41, 5.74) is 0.491. The van der Waals surface area contributed by atoms with E-state index >= 15 is 0 Å². The molecule has 0 saturated heterocycles. The van der Waals surface area contributed by atoms with E-state index in [-0.39, 0.29) is 0 Å². The van der Waals surface area contributed by atoms with Crippen molar-refractivity contribution in [3.05, 3.63) is 48.0 Å². The summed E-state index contributed by atoms with van der Waals surface area (Å²) in [5.74, 6) is -0.0552. The van der Waals surface area contributed by atoms with Gasteiger partial charge in [-0.05, 0) is 37.0 Å². The Bertz CT molecular complexity index is 427. The van der Waals surface area contributed by atoms with Gasteiger partial charge < -0.3 is 4.74 Å². The van der Waals surface area contributed by atoms with Crippen LogP contribution in [0.2, 0.25) is 0 Å². The monoisotopic (exact) mass is 217 g/mol. The van der Waals surface area contributed by atoms with Gasteiger partial charge in [-0.15, -0.1) is 0 Å². The molecule has 0 amide bonds. The first-order chi connectivity index (χ1) is 8.09. The lowest BCUT2D eigenvalue weighted by Gasteiger charge is -2.21. The number of benzene rings is 1. The van der Waals surface area contributed by atoms with Crippen molar-refractivity contribution >= 4 is 5.97 Å². The summed E-state index contributed by atoms with van der Waals surface area (Å²) in [6, 6.07) is 8.80. The summed E-state index contributed by atoms with van der Waals surface area (Å²) >= 11 is 0. The predicted octanol–water partition coefficient (Wildman–Crippen LogP) is 3.20. The van der Waals surface area contributed by atoms with Crippen LogP contribution in [0.4, 0.5) is 0 Å². The van der Waals surface area contributed by atoms with Crippen molar-refractivity contribution in [1.82, 2.24) is 0 Å². The minimum atomic E-state index is -1.20. The Labute approximate surface area is 97.3 Å². The van der Waals surface area contributed by atoms with Crippen LogP contribution in [0.1, 0.15) is 31.5 Å². The van der Waals surface area contributed by atoms with E-state index in [1.54, 1.807) is 30.3 Å². The van der Waals surface area contributed by atoms with Gasteiger partial charge in [0.2, 0.25) is 0 Å². The van der Waals surface area contributed by atoms with Crippen LogP contribution in [-0.4, -0.2) is 12.0 Å². The maximum atomic E-state index is 11.8. The van der Waals surface area contributed by atoms with Gasteiger partial charge in [0.25, 0.3) is 0 Å². The van der Waals surface area contributed by atoms with Gasteiger partial charge >= 0.3 is 5.97 Å². The van der Waals surface area contributed by atoms with Gasteiger partial charge in [-0.3, -0.25) is 0 Å². The Morgan fingerprint density at radius 3 is 2.88 bits per heavy atom. The third kappa shape index (κ3) is 2.72. The molecule has 2 rings (SSSR count). The summed E-state index contributed by atoms with van der Waals surface area (Å²) in [6.07, 6.45) is 3.89. The number of hydrogen-bond donors (Lipinski definition) is 0. The van der Waals surface area contributed by atoms with Crippen LogP contribution in [0, 0.1) is 5.92 Å². The molecule has 2 heteroatoms. The third-order valence-corrected chi connectivity index (χ3v) is 2.63. The van der Waals surface area contributed by atoms with E-state index < -0.39 is 12.0 Å². The molecule has 0 aliphatic heterocycles. The van der Waals surface area contributed by atoms with Crippen molar-refractivity contribution < 1.29 is 10.9 Å². The molecule has 0 N–H and O–H groups in total. The van der Waals surface area contributed by atoms with E-state index in [4.69, 9.17) is 6.11 Å². The van der Waals surface area contributed by atoms with Crippen LogP contribution in [0.5, 0.6) is 0 Å². The second-order valence-corrected chi connectivity index (χ2v) is 4.17. The standard InChI is InChI=1S/C14H16O2/c1-11-6-5-9-13(10-11)16-14(15)12-7-3-2-4-8-12/h2-5,7-9,11,13H,6,10H2,1H3/t11-,13+/m1/s1/i13D. The maximum Gasteiger partial charge on any atom is 0.338 e. The highest BCUT2D eigenvalue weighted by molar-refractivity contribution is 5.89. The van der Waals surface area contributed by atoms with Gasteiger partial charge in [-0.1, -0.05) is 31.2 Å². The van der Waals surface area contributed by atoms with Crippen molar-refractivity contribution in [3.8, 4) is 0 Å². The van der Waals surface area contributed by atoms with E-state index in [0.29, 0.717) is 17.9 Å². The van der Waals surface area contributed by atoms with Crippen LogP contribution in [-0.2, 0) is 4.74 Å². The summed E-state index contributed by atoms with van der Waals surface area (Å²) in [7, 11) is 0. The Balaban J connectivity index is 2.09. The molecule has 1 aliphatic rings. The average Bonchev–Trinajstić information content (AvgIpc) is 2.29. The van der Waals surface area contributed by atoms with Gasteiger partial charge in [-0.2, -0.15) is 0 Å². The molecule has 1 aromatic rings. The van der Waals surface area contributed by atoms with Crippen molar-refractivity contribution in [2.45, 2.75) is 25.8 Å². The second kappa shape index (κ2) is 4.97. The normalized spacial score (nSPS) is 29.6. The van der Waals surface area contributed by atoms with Gasteiger partial charge in [0.05, 0.1) is 6.93 Å². The average molecular weight is 217 g/mol. The summed E-state index contributed by atoms with van der Waals surface area (Å²) in [4.78, 5) is 11.8. The fraction of sp³-hybridized carbons (Fsp3) is 0.357. The topological polar surface area (TPSA) is 26.3 Å².